The molecule has 1 heterocycles. The number of rotatable bonds is 3. The maximum absolute atomic E-state index is 12.0. The van der Waals surface area contributed by atoms with Crippen molar-refractivity contribution in [2.45, 2.75) is 40.0 Å². The van der Waals surface area contributed by atoms with Crippen molar-refractivity contribution in [1.29, 1.82) is 0 Å². The zero-order valence-corrected chi connectivity index (χ0v) is 14.5. The van der Waals surface area contributed by atoms with Crippen LogP contribution in [-0.4, -0.2) is 31.3 Å². The van der Waals surface area contributed by atoms with Crippen LogP contribution in [0.25, 0.3) is 0 Å². The SMILES string of the molecule is [2H]C([2H])(N=C[C@@]1(C)C[C@@]2(C)COC(=O)[C@@](C)(C1)C2)C(=O)[O-].[Na+]. The molecule has 20 heavy (non-hydrogen) atoms. The number of cyclic esters (lactones) is 1. The third kappa shape index (κ3) is 3.62. The molecule has 0 spiro atoms. The van der Waals surface area contributed by atoms with Crippen LogP contribution in [0.3, 0.4) is 0 Å². The molecule has 0 unspecified atom stereocenters. The minimum atomic E-state index is -2.75. The first-order valence-electron chi connectivity index (χ1n) is 7.35. The molecule has 0 radical (unpaired) electrons. The van der Waals surface area contributed by atoms with E-state index in [1.165, 1.54) is 6.21 Å². The van der Waals surface area contributed by atoms with Gasteiger partial charge in [0, 0.05) is 17.0 Å². The first kappa shape index (κ1) is 14.5. The Labute approximate surface area is 144 Å². The van der Waals surface area contributed by atoms with Crippen molar-refractivity contribution in [3.8, 4) is 0 Å². The molecule has 2 aliphatic rings. The molecule has 0 N–H and O–H groups in total. The van der Waals surface area contributed by atoms with E-state index in [-0.39, 0.29) is 40.9 Å². The second-order valence-corrected chi connectivity index (χ2v) is 6.79. The van der Waals surface area contributed by atoms with Gasteiger partial charge < -0.3 is 14.6 Å². The number of aliphatic imine (C=N–C) groups is 1. The molecule has 1 saturated carbocycles. The molecule has 1 aliphatic carbocycles. The van der Waals surface area contributed by atoms with Crippen molar-refractivity contribution >= 4 is 18.2 Å². The quantitative estimate of drug-likeness (QED) is 0.329. The average molecular weight is 291 g/mol. The van der Waals surface area contributed by atoms with Crippen molar-refractivity contribution in [3.05, 3.63) is 0 Å². The van der Waals surface area contributed by atoms with Crippen LogP contribution in [0.2, 0.25) is 0 Å². The van der Waals surface area contributed by atoms with Crippen LogP contribution in [0, 0.1) is 16.2 Å². The third-order valence-electron chi connectivity index (χ3n) is 4.02. The van der Waals surface area contributed by atoms with E-state index in [0.29, 0.717) is 19.4 Å². The molecule has 6 heteroatoms. The molecule has 0 aromatic heterocycles. The fraction of sp³-hybridized carbons (Fsp3) is 0.786. The summed E-state index contributed by atoms with van der Waals surface area (Å²) in [5.74, 6) is -2.11. The van der Waals surface area contributed by atoms with Gasteiger partial charge >= 0.3 is 35.5 Å². The number of aliphatic carboxylic acids is 1. The normalized spacial score (nSPS) is 42.2. The minimum absolute atomic E-state index is 0. The Morgan fingerprint density at radius 1 is 1.45 bits per heavy atom. The fourth-order valence-electron chi connectivity index (χ4n) is 3.99. The first-order chi connectivity index (χ1) is 9.40. The smallest absolute Gasteiger partial charge is 0.548 e. The van der Waals surface area contributed by atoms with E-state index in [2.05, 4.69) is 4.99 Å². The Hall–Kier alpha value is -0.390. The number of carboxylic acid groups (broad SMARTS) is 1. The molecule has 5 nitrogen and oxygen atoms in total. The number of carbonyl (C=O) groups excluding carboxylic acids is 2. The Kier molecular flexibility index (Phi) is 4.20. The summed E-state index contributed by atoms with van der Waals surface area (Å²) in [6, 6.07) is 0. The fourth-order valence-corrected chi connectivity index (χ4v) is 3.99. The van der Waals surface area contributed by atoms with E-state index in [1.54, 1.807) is 0 Å². The van der Waals surface area contributed by atoms with Gasteiger partial charge in [-0.15, -0.1) is 0 Å². The maximum atomic E-state index is 12.0. The summed E-state index contributed by atoms with van der Waals surface area (Å²) in [4.78, 5) is 26.3. The summed E-state index contributed by atoms with van der Waals surface area (Å²) in [5, 5.41) is 10.7. The number of carboxylic acids is 1. The van der Waals surface area contributed by atoms with Gasteiger partial charge in [-0.2, -0.15) is 0 Å². The molecule has 2 fully saturated rings. The summed E-state index contributed by atoms with van der Waals surface area (Å²) in [7, 11) is 0. The summed E-state index contributed by atoms with van der Waals surface area (Å²) < 4.78 is 19.9. The van der Waals surface area contributed by atoms with E-state index < -0.39 is 23.3 Å². The predicted molar refractivity (Wildman–Crippen MR) is 67.5 cm³/mol. The predicted octanol–water partition coefficient (Wildman–Crippen LogP) is -2.43. The van der Waals surface area contributed by atoms with Gasteiger partial charge in [0.15, 0.2) is 0 Å². The van der Waals surface area contributed by atoms with Crippen molar-refractivity contribution in [3.63, 3.8) is 0 Å². The second kappa shape index (κ2) is 5.78. The molecule has 2 bridgehead atoms. The number of carbonyl (C=O) groups is 2. The molecule has 2 rings (SSSR count). The summed E-state index contributed by atoms with van der Waals surface area (Å²) in [5.41, 5.74) is -1.39. The molecular weight excluding hydrogens is 269 g/mol. The standard InChI is InChI=1S/C14H21NO4.Na/c1-12(8-15-4-10(16)17)5-13(2)7-14(3,6-12)11(18)19-9-13;/h8H,4-7,9H2,1-3H3,(H,16,17);/q;+1/p-1/t12-,13+,14-;/m0./s1/i4D2;. The third-order valence-corrected chi connectivity index (χ3v) is 4.02. The average Bonchev–Trinajstić information content (AvgIpc) is 2.31. The van der Waals surface area contributed by atoms with Gasteiger partial charge in [-0.3, -0.25) is 9.79 Å². The topological polar surface area (TPSA) is 78.8 Å². The van der Waals surface area contributed by atoms with Crippen LogP contribution in [0.4, 0.5) is 0 Å². The summed E-state index contributed by atoms with van der Waals surface area (Å²) >= 11 is 0. The molecular formula is C14H20NNaO4. The van der Waals surface area contributed by atoms with Crippen molar-refractivity contribution in [1.82, 2.24) is 0 Å². The van der Waals surface area contributed by atoms with Gasteiger partial charge in [0.05, 0.1) is 27.2 Å². The minimum Gasteiger partial charge on any atom is -0.548 e. The summed E-state index contributed by atoms with van der Waals surface area (Å²) in [6.07, 6.45) is 3.18. The van der Waals surface area contributed by atoms with E-state index in [1.807, 2.05) is 20.8 Å². The van der Waals surface area contributed by atoms with Crippen molar-refractivity contribution < 1.29 is 51.7 Å². The molecule has 3 atom stereocenters. The van der Waals surface area contributed by atoms with Crippen LogP contribution < -0.4 is 34.7 Å². The second-order valence-electron chi connectivity index (χ2n) is 6.79. The van der Waals surface area contributed by atoms with Gasteiger partial charge in [0.25, 0.3) is 0 Å². The monoisotopic (exact) mass is 291 g/mol. The van der Waals surface area contributed by atoms with Crippen LogP contribution in [-0.2, 0) is 14.3 Å². The number of hydrogen-bond donors (Lipinski definition) is 0. The Balaban J connectivity index is 0.00000242. The Morgan fingerprint density at radius 3 is 2.70 bits per heavy atom. The molecule has 0 aromatic rings. The van der Waals surface area contributed by atoms with Crippen molar-refractivity contribution in [2.75, 3.05) is 13.1 Å². The molecule has 0 amide bonds. The number of esters is 1. The van der Waals surface area contributed by atoms with Crippen LogP contribution >= 0.6 is 0 Å². The van der Waals surface area contributed by atoms with E-state index in [4.69, 9.17) is 7.48 Å². The summed E-state index contributed by atoms with van der Waals surface area (Å²) in [6.45, 7) is 3.31. The first-order valence-corrected chi connectivity index (χ1v) is 6.35. The number of fused-ring (bicyclic) bond motifs is 2. The number of ether oxygens (including phenoxy) is 1. The van der Waals surface area contributed by atoms with Crippen LogP contribution in [0.15, 0.2) is 4.99 Å². The number of nitrogens with zero attached hydrogens (tertiary/aromatic N) is 1. The largest absolute Gasteiger partial charge is 1.00 e. The van der Waals surface area contributed by atoms with Gasteiger partial charge in [0.1, 0.15) is 0 Å². The Morgan fingerprint density at radius 2 is 2.10 bits per heavy atom. The van der Waals surface area contributed by atoms with Crippen LogP contribution in [0.5, 0.6) is 0 Å². The molecule has 0 aromatic carbocycles. The van der Waals surface area contributed by atoms with Crippen molar-refractivity contribution in [2.24, 2.45) is 21.2 Å². The van der Waals surface area contributed by atoms with Gasteiger partial charge in [-0.25, -0.2) is 0 Å². The zero-order chi connectivity index (χ0) is 16.1. The van der Waals surface area contributed by atoms with Gasteiger partial charge in [-0.05, 0) is 26.2 Å². The van der Waals surface area contributed by atoms with Crippen LogP contribution in [0.1, 0.15) is 42.8 Å². The van der Waals surface area contributed by atoms with E-state index in [0.717, 1.165) is 6.42 Å². The number of hydrogen-bond acceptors (Lipinski definition) is 5. The molecule has 106 valence electrons. The molecule has 1 saturated heterocycles. The molecule has 1 aliphatic heterocycles. The van der Waals surface area contributed by atoms with Gasteiger partial charge in [0.2, 0.25) is 0 Å². The maximum Gasteiger partial charge on any atom is 1.00 e. The van der Waals surface area contributed by atoms with Gasteiger partial charge in [-0.1, -0.05) is 13.8 Å². The van der Waals surface area contributed by atoms with E-state index in [9.17, 15) is 14.7 Å². The Bertz CT molecular complexity index is 527. The zero-order valence-electron chi connectivity index (χ0n) is 14.5. The van der Waals surface area contributed by atoms with E-state index >= 15 is 0 Å².